The fourth-order valence-corrected chi connectivity index (χ4v) is 3.81. The lowest BCUT2D eigenvalue weighted by atomic mass is 9.94. The average molecular weight is 399 g/mol. The van der Waals surface area contributed by atoms with E-state index < -0.39 is 0 Å². The van der Waals surface area contributed by atoms with E-state index in [4.69, 9.17) is 5.73 Å². The van der Waals surface area contributed by atoms with E-state index in [2.05, 4.69) is 76.7 Å². The van der Waals surface area contributed by atoms with Gasteiger partial charge in [0.25, 0.3) is 0 Å². The van der Waals surface area contributed by atoms with E-state index in [0.717, 1.165) is 50.2 Å². The van der Waals surface area contributed by atoms with Crippen LogP contribution in [0, 0.1) is 0 Å². The first-order chi connectivity index (χ1) is 15.3. The fraction of sp³-hybridized carbons (Fsp3) is 0. The molecule has 5 rings (SSSR count). The first-order valence-electron chi connectivity index (χ1n) is 10.2. The van der Waals surface area contributed by atoms with Crippen molar-refractivity contribution in [2.75, 3.05) is 5.73 Å². The molecule has 0 saturated carbocycles. The largest absolute Gasteiger partial charge is 0.399 e. The molecule has 0 radical (unpaired) electrons. The number of benzene rings is 3. The van der Waals surface area contributed by atoms with Crippen molar-refractivity contribution in [3.63, 3.8) is 0 Å². The van der Waals surface area contributed by atoms with E-state index in [0.29, 0.717) is 0 Å². The van der Waals surface area contributed by atoms with Crippen LogP contribution in [0.2, 0.25) is 0 Å². The van der Waals surface area contributed by atoms with Crippen LogP contribution >= 0.6 is 0 Å². The molecule has 2 heterocycles. The van der Waals surface area contributed by atoms with Crippen molar-refractivity contribution in [2.24, 2.45) is 0 Å². The van der Waals surface area contributed by atoms with Crippen LogP contribution in [0.5, 0.6) is 0 Å². The van der Waals surface area contributed by atoms with Gasteiger partial charge in [-0.1, -0.05) is 48.5 Å². The third kappa shape index (κ3) is 4.07. The van der Waals surface area contributed by atoms with Crippen molar-refractivity contribution in [1.82, 2.24) is 9.97 Å². The number of rotatable bonds is 4. The lowest BCUT2D eigenvalue weighted by molar-refractivity contribution is 1.33. The van der Waals surface area contributed by atoms with Gasteiger partial charge >= 0.3 is 0 Å². The molecule has 2 N–H and O–H groups in total. The van der Waals surface area contributed by atoms with Gasteiger partial charge in [-0.15, -0.1) is 0 Å². The molecule has 148 valence electrons. The minimum absolute atomic E-state index is 0.742. The van der Waals surface area contributed by atoms with Crippen molar-refractivity contribution < 1.29 is 0 Å². The molecule has 0 aliphatic rings. The summed E-state index contributed by atoms with van der Waals surface area (Å²) in [6.07, 6.45) is 7.34. The Morgan fingerprint density at radius 3 is 1.23 bits per heavy atom. The molecule has 0 atom stereocenters. The third-order valence-electron chi connectivity index (χ3n) is 5.34. The molecule has 0 aliphatic heterocycles. The van der Waals surface area contributed by atoms with E-state index in [-0.39, 0.29) is 0 Å². The highest BCUT2D eigenvalue weighted by atomic mass is 14.6. The Morgan fingerprint density at radius 2 is 0.806 bits per heavy atom. The third-order valence-corrected chi connectivity index (χ3v) is 5.34. The monoisotopic (exact) mass is 399 g/mol. The van der Waals surface area contributed by atoms with Crippen molar-refractivity contribution in [3.05, 3.63) is 116 Å². The lowest BCUT2D eigenvalue weighted by Crippen LogP contribution is -1.90. The van der Waals surface area contributed by atoms with Crippen molar-refractivity contribution in [2.45, 2.75) is 0 Å². The molecule has 0 unspecified atom stereocenters. The molecule has 0 bridgehead atoms. The summed E-state index contributed by atoms with van der Waals surface area (Å²) in [4.78, 5) is 8.48. The highest BCUT2D eigenvalue weighted by Gasteiger charge is 2.07. The predicted molar refractivity (Wildman–Crippen MR) is 128 cm³/mol. The molecule has 0 spiro atoms. The molecule has 3 nitrogen and oxygen atoms in total. The maximum absolute atomic E-state index is 6.31. The van der Waals surface area contributed by atoms with E-state index in [1.165, 1.54) is 0 Å². The van der Waals surface area contributed by atoms with Gasteiger partial charge in [0, 0.05) is 41.6 Å². The van der Waals surface area contributed by atoms with Crippen LogP contribution < -0.4 is 5.73 Å². The molecule has 3 heteroatoms. The Kier molecular flexibility index (Phi) is 4.99. The Morgan fingerprint density at radius 1 is 0.419 bits per heavy atom. The molecular formula is C28H21N3. The highest BCUT2D eigenvalue weighted by molar-refractivity contribution is 5.81. The standard InChI is InChI=1S/C28H21N3/c29-28-16-26(22-7-1-5-20(13-22)24-9-3-11-30-18-24)15-27(17-28)23-8-2-6-21(14-23)25-10-4-12-31-19-25/h1-19H,29H2. The zero-order valence-electron chi connectivity index (χ0n) is 16.9. The van der Waals surface area contributed by atoms with Crippen LogP contribution in [0.15, 0.2) is 116 Å². The van der Waals surface area contributed by atoms with Crippen molar-refractivity contribution >= 4 is 5.69 Å². The van der Waals surface area contributed by atoms with Crippen LogP contribution in [0.1, 0.15) is 0 Å². The zero-order chi connectivity index (χ0) is 21.0. The molecule has 5 aromatic rings. The van der Waals surface area contributed by atoms with Crippen LogP contribution in [0.4, 0.5) is 5.69 Å². The smallest absolute Gasteiger partial charge is 0.0346 e. The maximum Gasteiger partial charge on any atom is 0.0346 e. The van der Waals surface area contributed by atoms with E-state index >= 15 is 0 Å². The maximum atomic E-state index is 6.31. The van der Waals surface area contributed by atoms with Crippen LogP contribution in [0.25, 0.3) is 44.5 Å². The van der Waals surface area contributed by atoms with Gasteiger partial charge in [0.15, 0.2) is 0 Å². The number of anilines is 1. The van der Waals surface area contributed by atoms with Gasteiger partial charge in [0.05, 0.1) is 0 Å². The summed E-state index contributed by atoms with van der Waals surface area (Å²) in [6.45, 7) is 0. The van der Waals surface area contributed by atoms with Gasteiger partial charge in [0.1, 0.15) is 0 Å². The molecule has 0 amide bonds. The second kappa shape index (κ2) is 8.25. The lowest BCUT2D eigenvalue weighted by Gasteiger charge is -2.11. The van der Waals surface area contributed by atoms with E-state index in [9.17, 15) is 0 Å². The van der Waals surface area contributed by atoms with Crippen LogP contribution in [-0.4, -0.2) is 9.97 Å². The molecule has 31 heavy (non-hydrogen) atoms. The van der Waals surface area contributed by atoms with Gasteiger partial charge in [-0.05, 0) is 75.8 Å². The van der Waals surface area contributed by atoms with Gasteiger partial charge in [-0.2, -0.15) is 0 Å². The number of aromatic nitrogens is 2. The number of nitrogens with zero attached hydrogens (tertiary/aromatic N) is 2. The van der Waals surface area contributed by atoms with Gasteiger partial charge in [-0.25, -0.2) is 0 Å². The van der Waals surface area contributed by atoms with Crippen LogP contribution in [-0.2, 0) is 0 Å². The summed E-state index contributed by atoms with van der Waals surface area (Å²) in [5.41, 5.74) is 15.9. The number of hydrogen-bond acceptors (Lipinski definition) is 3. The molecule has 0 fully saturated rings. The highest BCUT2D eigenvalue weighted by Crippen LogP contribution is 2.33. The first-order valence-corrected chi connectivity index (χ1v) is 10.2. The Balaban J connectivity index is 1.56. The Bertz CT molecular complexity index is 1230. The van der Waals surface area contributed by atoms with E-state index in [1.54, 1.807) is 12.4 Å². The van der Waals surface area contributed by atoms with Crippen LogP contribution in [0.3, 0.4) is 0 Å². The summed E-state index contributed by atoms with van der Waals surface area (Å²) in [7, 11) is 0. The van der Waals surface area contributed by atoms with Gasteiger partial charge < -0.3 is 5.73 Å². The minimum atomic E-state index is 0.742. The number of nitrogens with two attached hydrogens (primary N) is 1. The number of nitrogen functional groups attached to an aromatic ring is 1. The SMILES string of the molecule is Nc1cc(-c2cccc(-c3cccnc3)c2)cc(-c2cccc(-c3cccnc3)c2)c1. The summed E-state index contributed by atoms with van der Waals surface area (Å²) in [6, 6.07) is 31.2. The van der Waals surface area contributed by atoms with E-state index in [1.807, 2.05) is 36.7 Å². The summed E-state index contributed by atoms with van der Waals surface area (Å²) >= 11 is 0. The quantitative estimate of drug-likeness (QED) is 0.341. The molecule has 2 aromatic heterocycles. The average Bonchev–Trinajstić information content (AvgIpc) is 2.85. The second-order valence-electron chi connectivity index (χ2n) is 7.49. The van der Waals surface area contributed by atoms with Crippen molar-refractivity contribution in [1.29, 1.82) is 0 Å². The summed E-state index contributed by atoms with van der Waals surface area (Å²) in [5, 5.41) is 0. The van der Waals surface area contributed by atoms with Gasteiger partial charge in [-0.3, -0.25) is 9.97 Å². The Hall–Kier alpha value is -4.24. The molecular weight excluding hydrogens is 378 g/mol. The minimum Gasteiger partial charge on any atom is -0.399 e. The normalized spacial score (nSPS) is 10.7. The molecule has 0 aliphatic carbocycles. The second-order valence-corrected chi connectivity index (χ2v) is 7.49. The molecule has 0 saturated heterocycles. The zero-order valence-corrected chi connectivity index (χ0v) is 16.9. The number of pyridine rings is 2. The summed E-state index contributed by atoms with van der Waals surface area (Å²) < 4.78 is 0. The Labute approximate surface area is 181 Å². The number of hydrogen-bond donors (Lipinski definition) is 1. The molecule has 3 aromatic carbocycles. The first kappa shape index (κ1) is 18.8. The predicted octanol–water partition coefficient (Wildman–Crippen LogP) is 6.73. The van der Waals surface area contributed by atoms with Gasteiger partial charge in [0.2, 0.25) is 0 Å². The topological polar surface area (TPSA) is 51.8 Å². The summed E-state index contributed by atoms with van der Waals surface area (Å²) in [5.74, 6) is 0. The van der Waals surface area contributed by atoms with Crippen molar-refractivity contribution in [3.8, 4) is 44.5 Å². The fourth-order valence-electron chi connectivity index (χ4n) is 3.81.